The molecule has 23 heavy (non-hydrogen) atoms. The second-order valence-corrected chi connectivity index (χ2v) is 5.03. The van der Waals surface area contributed by atoms with Crippen molar-refractivity contribution in [2.75, 3.05) is 18.1 Å². The first-order valence-corrected chi connectivity index (χ1v) is 6.80. The maximum absolute atomic E-state index is 11.9. The van der Waals surface area contributed by atoms with Gasteiger partial charge in [0, 0.05) is 0 Å². The van der Waals surface area contributed by atoms with Crippen molar-refractivity contribution < 1.29 is 19.4 Å². The van der Waals surface area contributed by atoms with Gasteiger partial charge in [0.15, 0.2) is 12.4 Å². The van der Waals surface area contributed by atoms with Gasteiger partial charge in [0.2, 0.25) is 0 Å². The Labute approximate surface area is 129 Å². The Balaban J connectivity index is 1.51. The van der Waals surface area contributed by atoms with E-state index in [-0.39, 0.29) is 18.8 Å². The monoisotopic (exact) mass is 316 g/mol. The molecular weight excluding hydrogens is 304 g/mol. The van der Waals surface area contributed by atoms with E-state index in [9.17, 15) is 24.3 Å². The predicted octanol–water partition coefficient (Wildman–Crippen LogP) is -1.10. The van der Waals surface area contributed by atoms with Crippen LogP contribution >= 0.6 is 0 Å². The van der Waals surface area contributed by atoms with E-state index in [1.807, 2.05) is 6.07 Å². The fourth-order valence-corrected chi connectivity index (χ4v) is 2.25. The van der Waals surface area contributed by atoms with Gasteiger partial charge in [-0.05, 0) is 12.1 Å². The highest BCUT2D eigenvalue weighted by molar-refractivity contribution is 6.07. The van der Waals surface area contributed by atoms with Crippen LogP contribution < -0.4 is 25.8 Å². The van der Waals surface area contributed by atoms with Crippen LogP contribution in [-0.4, -0.2) is 36.1 Å². The van der Waals surface area contributed by atoms with Crippen molar-refractivity contribution in [2.45, 2.75) is 6.04 Å². The summed E-state index contributed by atoms with van der Waals surface area (Å²) < 4.78 is 5.24. The molecule has 3 rings (SSSR count). The Morgan fingerprint density at radius 2 is 1.91 bits per heavy atom. The summed E-state index contributed by atoms with van der Waals surface area (Å²) in [6.45, 7) is -0.229. The first-order valence-electron chi connectivity index (χ1n) is 6.80. The zero-order chi connectivity index (χ0) is 16.6. The van der Waals surface area contributed by atoms with Crippen LogP contribution in [0.1, 0.15) is 0 Å². The second-order valence-electron chi connectivity index (χ2n) is 5.03. The number of anilines is 1. The first-order chi connectivity index (χ1) is 11.0. The lowest BCUT2D eigenvalue weighted by atomic mass is 10.0. The fourth-order valence-electron chi connectivity index (χ4n) is 2.25. The van der Waals surface area contributed by atoms with Crippen LogP contribution in [0.25, 0.3) is 0 Å². The molecule has 118 valence electrons. The number of benzene rings is 1. The highest BCUT2D eigenvalue weighted by Crippen LogP contribution is 2.26. The van der Waals surface area contributed by atoms with Crippen molar-refractivity contribution in [1.82, 2.24) is 5.32 Å². The van der Waals surface area contributed by atoms with Crippen LogP contribution in [0.2, 0.25) is 0 Å². The third kappa shape index (κ3) is 2.54. The molecule has 0 aliphatic carbocycles. The molecule has 1 heterocycles. The number of ether oxygens (including phenoxy) is 1. The van der Waals surface area contributed by atoms with E-state index in [0.29, 0.717) is 5.75 Å². The molecule has 2 amide bonds. The van der Waals surface area contributed by atoms with Crippen LogP contribution in [-0.2, 0) is 9.59 Å². The van der Waals surface area contributed by atoms with Gasteiger partial charge in [0.25, 0.3) is 22.7 Å². The van der Waals surface area contributed by atoms with Gasteiger partial charge in [0.1, 0.15) is 17.5 Å². The average Bonchev–Trinajstić information content (AvgIpc) is 2.58. The Hall–Kier alpha value is -3.16. The maximum Gasteiger partial charge on any atom is 0.271 e. The van der Waals surface area contributed by atoms with Gasteiger partial charge in [-0.2, -0.15) is 0 Å². The number of aromatic hydroxyl groups is 1. The van der Waals surface area contributed by atoms with Crippen LogP contribution in [0.3, 0.4) is 0 Å². The summed E-state index contributed by atoms with van der Waals surface area (Å²) in [6, 6.07) is 7.92. The Kier molecular flexibility index (Phi) is 3.57. The lowest BCUT2D eigenvalue weighted by molar-refractivity contribution is -0.131. The number of β-lactam (4-membered cyclic amide) rings is 1. The highest BCUT2D eigenvalue weighted by Gasteiger charge is 2.43. The quantitative estimate of drug-likeness (QED) is 0.535. The van der Waals surface area contributed by atoms with E-state index in [1.54, 1.807) is 24.3 Å². The summed E-state index contributed by atoms with van der Waals surface area (Å²) in [6.07, 6.45) is 0. The van der Waals surface area contributed by atoms with Gasteiger partial charge in [-0.25, -0.2) is 0 Å². The van der Waals surface area contributed by atoms with Crippen molar-refractivity contribution in [1.29, 1.82) is 0 Å². The van der Waals surface area contributed by atoms with Crippen LogP contribution in [0.4, 0.5) is 5.69 Å². The molecular formula is C15H12N2O6. The number of hydrogen-bond acceptors (Lipinski definition) is 6. The fraction of sp³-hybridized carbons (Fsp3) is 0.200. The molecule has 0 spiro atoms. The molecule has 0 unspecified atom stereocenters. The molecule has 0 radical (unpaired) electrons. The largest absolute Gasteiger partial charge is 0.502 e. The van der Waals surface area contributed by atoms with Gasteiger partial charge >= 0.3 is 0 Å². The normalized spacial score (nSPS) is 17.0. The molecule has 8 nitrogen and oxygen atoms in total. The summed E-state index contributed by atoms with van der Waals surface area (Å²) >= 11 is 0. The van der Waals surface area contributed by atoms with Crippen molar-refractivity contribution in [3.8, 4) is 11.5 Å². The van der Waals surface area contributed by atoms with E-state index >= 15 is 0 Å². The Morgan fingerprint density at radius 1 is 1.22 bits per heavy atom. The molecule has 1 aliphatic rings. The van der Waals surface area contributed by atoms with Gasteiger partial charge in [-0.1, -0.05) is 18.2 Å². The molecule has 1 aliphatic heterocycles. The zero-order valence-corrected chi connectivity index (χ0v) is 11.8. The summed E-state index contributed by atoms with van der Waals surface area (Å²) in [5, 5.41) is 11.7. The van der Waals surface area contributed by atoms with E-state index in [1.165, 1.54) is 0 Å². The first kappa shape index (κ1) is 14.8. The van der Waals surface area contributed by atoms with Gasteiger partial charge in [0.05, 0.1) is 6.54 Å². The molecule has 2 aromatic rings. The number of carbonyl (C=O) groups excluding carboxylic acids is 2. The lowest BCUT2D eigenvalue weighted by Gasteiger charge is -2.38. The topological polar surface area (TPSA) is 113 Å². The number of hydrogen-bond donors (Lipinski definition) is 2. The van der Waals surface area contributed by atoms with Crippen molar-refractivity contribution in [3.05, 3.63) is 50.8 Å². The molecule has 2 aromatic carbocycles. The van der Waals surface area contributed by atoms with Crippen molar-refractivity contribution >= 4 is 17.5 Å². The molecule has 8 heteroatoms. The molecule has 1 saturated heterocycles. The van der Waals surface area contributed by atoms with Crippen LogP contribution in [0, 0.1) is 0 Å². The summed E-state index contributed by atoms with van der Waals surface area (Å²) in [4.78, 5) is 46.7. The molecule has 0 bridgehead atoms. The minimum Gasteiger partial charge on any atom is -0.502 e. The van der Waals surface area contributed by atoms with E-state index < -0.39 is 34.5 Å². The van der Waals surface area contributed by atoms with E-state index in [4.69, 9.17) is 4.74 Å². The average molecular weight is 316 g/mol. The van der Waals surface area contributed by atoms with E-state index in [2.05, 4.69) is 5.32 Å². The Bertz CT molecular complexity index is 837. The number of para-hydroxylation sites is 1. The number of amides is 2. The predicted molar refractivity (Wildman–Crippen MR) is 79.2 cm³/mol. The third-order valence-corrected chi connectivity index (χ3v) is 3.51. The minimum atomic E-state index is -1.00. The summed E-state index contributed by atoms with van der Waals surface area (Å²) in [7, 11) is 0. The Morgan fingerprint density at radius 3 is 2.52 bits per heavy atom. The number of nitrogens with one attached hydrogen (secondary N) is 1. The minimum absolute atomic E-state index is 0.0221. The molecule has 0 saturated carbocycles. The van der Waals surface area contributed by atoms with E-state index in [0.717, 1.165) is 4.90 Å². The third-order valence-electron chi connectivity index (χ3n) is 3.51. The van der Waals surface area contributed by atoms with Crippen LogP contribution in [0.15, 0.2) is 39.9 Å². The molecule has 2 N–H and O–H groups in total. The second kappa shape index (κ2) is 5.56. The summed E-state index contributed by atoms with van der Waals surface area (Å²) in [5.41, 5.74) is -2.20. The van der Waals surface area contributed by atoms with Gasteiger partial charge in [-0.3, -0.25) is 19.2 Å². The SMILES string of the molecule is O=C(COc1ccccc1)N[C@H]1CN(c2c(O)c(=O)c2=O)C1=O. The smallest absolute Gasteiger partial charge is 0.271 e. The molecule has 1 atom stereocenters. The summed E-state index contributed by atoms with van der Waals surface area (Å²) in [5.74, 6) is -1.22. The number of nitrogens with zero attached hydrogens (tertiary/aromatic N) is 1. The van der Waals surface area contributed by atoms with Gasteiger partial charge < -0.3 is 20.1 Å². The number of rotatable bonds is 5. The van der Waals surface area contributed by atoms with Crippen molar-refractivity contribution in [3.63, 3.8) is 0 Å². The van der Waals surface area contributed by atoms with Crippen molar-refractivity contribution in [2.24, 2.45) is 0 Å². The van der Waals surface area contributed by atoms with Gasteiger partial charge in [-0.15, -0.1) is 0 Å². The maximum atomic E-state index is 11.9. The van der Waals surface area contributed by atoms with Crippen LogP contribution in [0.5, 0.6) is 11.5 Å². The highest BCUT2D eigenvalue weighted by atomic mass is 16.5. The zero-order valence-electron chi connectivity index (χ0n) is 11.8. The lowest BCUT2D eigenvalue weighted by Crippen LogP contribution is -2.66. The number of carbonyl (C=O) groups is 2. The molecule has 0 aromatic heterocycles. The molecule has 1 fully saturated rings. The standard InChI is InChI=1S/C15H12N2O6/c18-10(7-23-8-4-2-1-3-5-8)16-9-6-17(15(9)22)11-12(19)14(21)13(11)20/h1-5,9,19H,6-7H2,(H,16,18)/t9-/m0/s1.